The largest absolute Gasteiger partial charge is 0.480 e. The molecule has 2 rings (SSSR count). The molecule has 0 aliphatic carbocycles. The Morgan fingerprint density at radius 3 is 3.12 bits per heavy atom. The van der Waals surface area contributed by atoms with Gasteiger partial charge in [-0.05, 0) is 22.4 Å². The smallest absolute Gasteiger partial charge is 0.232 e. The third-order valence-electron chi connectivity index (χ3n) is 2.72. The van der Waals surface area contributed by atoms with Crippen molar-refractivity contribution in [2.45, 2.75) is 6.42 Å². The van der Waals surface area contributed by atoms with Crippen LogP contribution in [0.5, 0.6) is 5.88 Å². The number of hydrogen-bond acceptors (Lipinski definition) is 5. The number of methoxy groups -OCH3 is 1. The van der Waals surface area contributed by atoms with Crippen molar-refractivity contribution in [3.8, 4) is 5.88 Å². The van der Waals surface area contributed by atoms with Crippen LogP contribution in [0.15, 0.2) is 10.7 Å². The minimum atomic E-state index is 0.226. The van der Waals surface area contributed by atoms with E-state index >= 15 is 0 Å². The van der Waals surface area contributed by atoms with Gasteiger partial charge in [-0.1, -0.05) is 0 Å². The van der Waals surface area contributed by atoms with Crippen LogP contribution in [0.2, 0.25) is 0 Å². The lowest BCUT2D eigenvalue weighted by Crippen LogP contribution is -2.23. The number of anilines is 1. The molecule has 88 valence electrons. The molecule has 2 heterocycles. The van der Waals surface area contributed by atoms with Crippen molar-refractivity contribution in [2.75, 3.05) is 31.7 Å². The Bertz CT molecular complexity index is 375. The molecule has 0 radical (unpaired) electrons. The highest BCUT2D eigenvalue weighted by Gasteiger charge is 2.24. The molecule has 0 saturated carbocycles. The molecule has 0 aromatic carbocycles. The van der Waals surface area contributed by atoms with Gasteiger partial charge in [-0.15, -0.1) is 0 Å². The first-order chi connectivity index (χ1) is 7.74. The quantitative estimate of drug-likeness (QED) is 0.901. The molecule has 0 amide bonds. The predicted molar refractivity (Wildman–Crippen MR) is 63.7 cm³/mol. The van der Waals surface area contributed by atoms with Gasteiger partial charge in [0.25, 0.3) is 0 Å². The molecule has 1 aromatic heterocycles. The summed E-state index contributed by atoms with van der Waals surface area (Å²) in [5.41, 5.74) is 0. The Kier molecular flexibility index (Phi) is 3.60. The van der Waals surface area contributed by atoms with Gasteiger partial charge >= 0.3 is 0 Å². The highest BCUT2D eigenvalue weighted by atomic mass is 79.9. The third-order valence-corrected chi connectivity index (χ3v) is 3.26. The fourth-order valence-corrected chi connectivity index (χ4v) is 2.15. The number of rotatable bonds is 3. The SMILES string of the molecule is COc1nc(N2CCC(CO)C2)ncc1Br. The fraction of sp³-hybridized carbons (Fsp3) is 0.600. The lowest BCUT2D eigenvalue weighted by molar-refractivity contribution is 0.238. The summed E-state index contributed by atoms with van der Waals surface area (Å²) in [5, 5.41) is 9.08. The van der Waals surface area contributed by atoms with Crippen LogP contribution < -0.4 is 9.64 Å². The maximum absolute atomic E-state index is 9.08. The molecule has 1 aromatic rings. The van der Waals surface area contributed by atoms with Crippen LogP contribution in [0, 0.1) is 5.92 Å². The Morgan fingerprint density at radius 2 is 2.50 bits per heavy atom. The summed E-state index contributed by atoms with van der Waals surface area (Å²) in [6.45, 7) is 1.92. The second-order valence-electron chi connectivity index (χ2n) is 3.81. The summed E-state index contributed by atoms with van der Waals surface area (Å²) in [6.07, 6.45) is 2.67. The summed E-state index contributed by atoms with van der Waals surface area (Å²) < 4.78 is 5.87. The first kappa shape index (κ1) is 11.6. The number of ether oxygens (including phenoxy) is 1. The molecule has 1 fully saturated rings. The van der Waals surface area contributed by atoms with E-state index in [-0.39, 0.29) is 6.61 Å². The second kappa shape index (κ2) is 4.97. The summed E-state index contributed by atoms with van der Waals surface area (Å²) in [6, 6.07) is 0. The maximum atomic E-state index is 9.08. The lowest BCUT2D eigenvalue weighted by atomic mass is 10.1. The van der Waals surface area contributed by atoms with Gasteiger partial charge in [-0.25, -0.2) is 4.98 Å². The zero-order chi connectivity index (χ0) is 11.5. The number of nitrogens with zero attached hydrogens (tertiary/aromatic N) is 3. The van der Waals surface area contributed by atoms with Crippen molar-refractivity contribution in [2.24, 2.45) is 5.92 Å². The average Bonchev–Trinajstić information content (AvgIpc) is 2.78. The van der Waals surface area contributed by atoms with Gasteiger partial charge < -0.3 is 14.7 Å². The summed E-state index contributed by atoms with van der Waals surface area (Å²) in [7, 11) is 1.58. The van der Waals surface area contributed by atoms with Crippen molar-refractivity contribution in [1.82, 2.24) is 9.97 Å². The van der Waals surface area contributed by atoms with Gasteiger partial charge in [0, 0.05) is 25.6 Å². The molecule has 1 unspecified atom stereocenters. The molecule has 6 heteroatoms. The van der Waals surface area contributed by atoms with Crippen LogP contribution in [-0.4, -0.2) is 41.9 Å². The van der Waals surface area contributed by atoms with Gasteiger partial charge in [-0.3, -0.25) is 0 Å². The predicted octanol–water partition coefficient (Wildman–Crippen LogP) is 1.07. The van der Waals surface area contributed by atoms with Crippen molar-refractivity contribution < 1.29 is 9.84 Å². The minimum Gasteiger partial charge on any atom is -0.480 e. The maximum Gasteiger partial charge on any atom is 0.232 e. The van der Waals surface area contributed by atoms with Crippen LogP contribution in [-0.2, 0) is 0 Å². The van der Waals surface area contributed by atoms with Crippen molar-refractivity contribution >= 4 is 21.9 Å². The van der Waals surface area contributed by atoms with E-state index in [1.54, 1.807) is 13.3 Å². The van der Waals surface area contributed by atoms with Crippen LogP contribution in [0.1, 0.15) is 6.42 Å². The summed E-state index contributed by atoms with van der Waals surface area (Å²) in [4.78, 5) is 10.6. The standard InChI is InChI=1S/C10H14BrN3O2/c1-16-9-8(11)4-12-10(13-9)14-3-2-7(5-14)6-15/h4,7,15H,2-3,5-6H2,1H3. The second-order valence-corrected chi connectivity index (χ2v) is 4.66. The topological polar surface area (TPSA) is 58.5 Å². The Balaban J connectivity index is 2.15. The summed E-state index contributed by atoms with van der Waals surface area (Å²) >= 11 is 3.32. The molecule has 0 spiro atoms. The van der Waals surface area contributed by atoms with E-state index in [9.17, 15) is 0 Å². The zero-order valence-corrected chi connectivity index (χ0v) is 10.6. The van der Waals surface area contributed by atoms with E-state index in [0.717, 1.165) is 24.0 Å². The van der Waals surface area contributed by atoms with Gasteiger partial charge in [0.05, 0.1) is 17.8 Å². The van der Waals surface area contributed by atoms with Gasteiger partial charge in [0.2, 0.25) is 11.8 Å². The lowest BCUT2D eigenvalue weighted by Gasteiger charge is -2.16. The van der Waals surface area contributed by atoms with E-state index in [0.29, 0.717) is 17.7 Å². The Morgan fingerprint density at radius 1 is 1.69 bits per heavy atom. The molecule has 1 saturated heterocycles. The zero-order valence-electron chi connectivity index (χ0n) is 9.06. The van der Waals surface area contributed by atoms with E-state index in [2.05, 4.69) is 30.8 Å². The number of aromatic nitrogens is 2. The normalized spacial score (nSPS) is 20.2. The van der Waals surface area contributed by atoms with Crippen LogP contribution in [0.25, 0.3) is 0 Å². The molecular weight excluding hydrogens is 274 g/mol. The molecule has 16 heavy (non-hydrogen) atoms. The molecular formula is C10H14BrN3O2. The van der Waals surface area contributed by atoms with E-state index in [4.69, 9.17) is 9.84 Å². The van der Waals surface area contributed by atoms with Crippen molar-refractivity contribution in [3.05, 3.63) is 10.7 Å². The average molecular weight is 288 g/mol. The summed E-state index contributed by atoms with van der Waals surface area (Å²) in [5.74, 6) is 1.53. The third kappa shape index (κ3) is 2.27. The van der Waals surface area contributed by atoms with Crippen LogP contribution >= 0.6 is 15.9 Å². The number of hydrogen-bond donors (Lipinski definition) is 1. The van der Waals surface area contributed by atoms with E-state index in [1.165, 1.54) is 0 Å². The molecule has 1 aliphatic heterocycles. The number of aliphatic hydroxyl groups is 1. The van der Waals surface area contributed by atoms with E-state index in [1.807, 2.05) is 0 Å². The molecule has 0 bridgehead atoms. The van der Waals surface area contributed by atoms with E-state index < -0.39 is 0 Å². The Hall–Kier alpha value is -0.880. The highest BCUT2D eigenvalue weighted by molar-refractivity contribution is 9.10. The highest BCUT2D eigenvalue weighted by Crippen LogP contribution is 2.26. The van der Waals surface area contributed by atoms with Crippen molar-refractivity contribution in [3.63, 3.8) is 0 Å². The number of halogens is 1. The fourth-order valence-electron chi connectivity index (χ4n) is 1.80. The van der Waals surface area contributed by atoms with Gasteiger partial charge in [-0.2, -0.15) is 4.98 Å². The van der Waals surface area contributed by atoms with Crippen LogP contribution in [0.4, 0.5) is 5.95 Å². The minimum absolute atomic E-state index is 0.226. The van der Waals surface area contributed by atoms with Gasteiger partial charge in [0.1, 0.15) is 0 Å². The monoisotopic (exact) mass is 287 g/mol. The van der Waals surface area contributed by atoms with Crippen LogP contribution in [0.3, 0.4) is 0 Å². The molecule has 5 nitrogen and oxygen atoms in total. The molecule has 1 N–H and O–H groups in total. The first-order valence-corrected chi connectivity index (χ1v) is 5.96. The van der Waals surface area contributed by atoms with Crippen molar-refractivity contribution in [1.29, 1.82) is 0 Å². The number of aliphatic hydroxyl groups excluding tert-OH is 1. The van der Waals surface area contributed by atoms with Gasteiger partial charge in [0.15, 0.2) is 0 Å². The first-order valence-electron chi connectivity index (χ1n) is 5.17. The Labute approximate surface area is 103 Å². The molecule has 1 atom stereocenters. The molecule has 1 aliphatic rings.